The van der Waals surface area contributed by atoms with Crippen molar-refractivity contribution >= 4 is 32.2 Å². The average molecular weight is 414 g/mol. The summed E-state index contributed by atoms with van der Waals surface area (Å²) in [7, 11) is -2.04. The van der Waals surface area contributed by atoms with Crippen LogP contribution in [0.5, 0.6) is 5.75 Å². The zero-order chi connectivity index (χ0) is 19.7. The molecule has 0 radical (unpaired) electrons. The van der Waals surface area contributed by atoms with Gasteiger partial charge in [0, 0.05) is 17.0 Å². The van der Waals surface area contributed by atoms with E-state index in [2.05, 4.69) is 9.97 Å². The molecule has 0 aliphatic rings. The molecule has 0 aliphatic heterocycles. The first-order valence-corrected chi connectivity index (χ1v) is 11.3. The zero-order valence-electron chi connectivity index (χ0n) is 15.5. The fourth-order valence-corrected chi connectivity index (χ4v) is 5.16. The predicted molar refractivity (Wildman–Crippen MR) is 110 cm³/mol. The van der Waals surface area contributed by atoms with Crippen molar-refractivity contribution in [1.29, 1.82) is 0 Å². The van der Waals surface area contributed by atoms with Crippen LogP contribution in [0.25, 0.3) is 11.0 Å². The number of sulfone groups is 1. The zero-order valence-corrected chi connectivity index (χ0v) is 17.1. The lowest BCUT2D eigenvalue weighted by Crippen LogP contribution is -2.14. The van der Waals surface area contributed by atoms with Crippen molar-refractivity contribution < 1.29 is 13.2 Å². The van der Waals surface area contributed by atoms with Crippen LogP contribution in [0.15, 0.2) is 58.5 Å². The number of hydrogen-bond donors (Lipinski definition) is 0. The van der Waals surface area contributed by atoms with E-state index in [9.17, 15) is 8.42 Å². The number of aryl methyl sites for hydroxylation is 1. The van der Waals surface area contributed by atoms with Gasteiger partial charge in [0.2, 0.25) is 15.0 Å². The highest BCUT2D eigenvalue weighted by Crippen LogP contribution is 2.26. The molecule has 0 saturated heterocycles. The van der Waals surface area contributed by atoms with E-state index in [1.807, 2.05) is 48.0 Å². The molecule has 1 aromatic carbocycles. The molecule has 4 aromatic rings. The van der Waals surface area contributed by atoms with E-state index in [0.717, 1.165) is 22.4 Å². The minimum Gasteiger partial charge on any atom is -0.497 e. The SMILES string of the molecule is COc1ccc(Cn2c(S(=O)(=O)Cc3ccc(C)cn3)nc3cscc32)cc1. The summed E-state index contributed by atoms with van der Waals surface area (Å²) >= 11 is 1.50. The number of aromatic nitrogens is 3. The molecule has 0 aliphatic carbocycles. The second-order valence-corrected chi connectivity index (χ2v) is 9.18. The van der Waals surface area contributed by atoms with Crippen LogP contribution in [-0.2, 0) is 22.1 Å². The van der Waals surface area contributed by atoms with Gasteiger partial charge in [0.25, 0.3) is 0 Å². The smallest absolute Gasteiger partial charge is 0.229 e. The first kappa shape index (κ1) is 18.6. The highest BCUT2D eigenvalue weighted by molar-refractivity contribution is 7.90. The summed E-state index contributed by atoms with van der Waals surface area (Å²) in [4.78, 5) is 8.66. The number of pyridine rings is 1. The Kier molecular flexibility index (Phi) is 4.91. The molecule has 0 saturated carbocycles. The Morgan fingerprint density at radius 2 is 1.89 bits per heavy atom. The summed E-state index contributed by atoms with van der Waals surface area (Å²) in [5.74, 6) is 0.576. The van der Waals surface area contributed by atoms with Crippen LogP contribution in [0, 0.1) is 6.92 Å². The van der Waals surface area contributed by atoms with Gasteiger partial charge >= 0.3 is 0 Å². The van der Waals surface area contributed by atoms with E-state index in [4.69, 9.17) is 4.74 Å². The van der Waals surface area contributed by atoms with Gasteiger partial charge in [-0.1, -0.05) is 18.2 Å². The van der Waals surface area contributed by atoms with Crippen LogP contribution in [0.4, 0.5) is 0 Å². The molecule has 6 nitrogen and oxygen atoms in total. The molecule has 28 heavy (non-hydrogen) atoms. The molecule has 4 rings (SSSR count). The number of ether oxygens (including phenoxy) is 1. The lowest BCUT2D eigenvalue weighted by Gasteiger charge is -2.10. The van der Waals surface area contributed by atoms with Crippen LogP contribution in [0.1, 0.15) is 16.8 Å². The number of thiophene rings is 1. The normalized spacial score (nSPS) is 11.8. The van der Waals surface area contributed by atoms with Gasteiger partial charge in [-0.3, -0.25) is 4.98 Å². The first-order valence-electron chi connectivity index (χ1n) is 8.66. The Hall–Kier alpha value is -2.71. The lowest BCUT2D eigenvalue weighted by atomic mass is 10.2. The maximum Gasteiger partial charge on any atom is 0.229 e. The van der Waals surface area contributed by atoms with E-state index in [1.54, 1.807) is 23.9 Å². The highest BCUT2D eigenvalue weighted by atomic mass is 32.2. The Morgan fingerprint density at radius 3 is 2.57 bits per heavy atom. The van der Waals surface area contributed by atoms with Crippen molar-refractivity contribution in [3.63, 3.8) is 0 Å². The van der Waals surface area contributed by atoms with Crippen LogP contribution in [0.3, 0.4) is 0 Å². The van der Waals surface area contributed by atoms with E-state index in [0.29, 0.717) is 17.8 Å². The summed E-state index contributed by atoms with van der Waals surface area (Å²) in [6.07, 6.45) is 1.67. The van der Waals surface area contributed by atoms with Crippen LogP contribution >= 0.6 is 11.3 Å². The molecule has 0 fully saturated rings. The lowest BCUT2D eigenvalue weighted by molar-refractivity contribution is 0.414. The minimum absolute atomic E-state index is 0.0727. The van der Waals surface area contributed by atoms with Gasteiger partial charge in [-0.2, -0.15) is 0 Å². The third kappa shape index (κ3) is 3.65. The Balaban J connectivity index is 1.72. The third-order valence-corrected chi connectivity index (χ3v) is 6.71. The molecule has 0 atom stereocenters. The highest BCUT2D eigenvalue weighted by Gasteiger charge is 2.25. The van der Waals surface area contributed by atoms with Gasteiger partial charge in [0.15, 0.2) is 0 Å². The summed E-state index contributed by atoms with van der Waals surface area (Å²) in [6, 6.07) is 11.2. The molecule has 8 heteroatoms. The average Bonchev–Trinajstić information content (AvgIpc) is 3.27. The van der Waals surface area contributed by atoms with Gasteiger partial charge in [-0.25, -0.2) is 13.4 Å². The fourth-order valence-electron chi connectivity index (χ4n) is 2.98. The van der Waals surface area contributed by atoms with Gasteiger partial charge in [-0.05, 0) is 36.2 Å². The van der Waals surface area contributed by atoms with E-state index < -0.39 is 9.84 Å². The van der Waals surface area contributed by atoms with Gasteiger partial charge in [0.05, 0.1) is 24.9 Å². The summed E-state index contributed by atoms with van der Waals surface area (Å²) in [6.45, 7) is 2.33. The van der Waals surface area contributed by atoms with Crippen LogP contribution < -0.4 is 4.74 Å². The molecule has 144 valence electrons. The molecular formula is C20H19N3O3S2. The second kappa shape index (κ2) is 7.37. The first-order chi connectivity index (χ1) is 13.5. The Labute approximate surface area is 167 Å². The molecular weight excluding hydrogens is 394 g/mol. The van der Waals surface area contributed by atoms with Gasteiger partial charge < -0.3 is 9.30 Å². The molecule has 0 unspecified atom stereocenters. The molecule has 0 amide bonds. The standard InChI is InChI=1S/C20H19N3O3S2/c1-14-3-6-16(21-9-14)13-28(24,25)20-22-18-11-27-12-19(18)23(20)10-15-4-7-17(26-2)8-5-15/h3-9,11-12H,10,13H2,1-2H3. The summed E-state index contributed by atoms with van der Waals surface area (Å²) in [5, 5.41) is 3.86. The Bertz CT molecular complexity index is 1210. The van der Waals surface area contributed by atoms with Crippen molar-refractivity contribution in [2.45, 2.75) is 24.4 Å². The number of imidazole rings is 1. The number of nitrogens with zero attached hydrogens (tertiary/aromatic N) is 3. The maximum atomic E-state index is 13.1. The minimum atomic E-state index is -3.65. The number of rotatable bonds is 6. The van der Waals surface area contributed by atoms with Crippen LogP contribution in [0.2, 0.25) is 0 Å². The monoisotopic (exact) mass is 413 g/mol. The molecule has 0 bridgehead atoms. The number of methoxy groups -OCH3 is 1. The van der Waals surface area contributed by atoms with E-state index >= 15 is 0 Å². The number of hydrogen-bond acceptors (Lipinski definition) is 6. The third-order valence-electron chi connectivity index (χ3n) is 4.45. The van der Waals surface area contributed by atoms with Crippen molar-refractivity contribution in [3.05, 3.63) is 70.2 Å². The van der Waals surface area contributed by atoms with Gasteiger partial charge in [-0.15, -0.1) is 11.3 Å². The van der Waals surface area contributed by atoms with E-state index in [-0.39, 0.29) is 10.9 Å². The molecule has 0 N–H and O–H groups in total. The number of fused-ring (bicyclic) bond motifs is 1. The van der Waals surface area contributed by atoms with Crippen molar-refractivity contribution in [1.82, 2.24) is 14.5 Å². The topological polar surface area (TPSA) is 74.1 Å². The van der Waals surface area contributed by atoms with E-state index in [1.165, 1.54) is 11.3 Å². The second-order valence-electron chi connectivity index (χ2n) is 6.56. The van der Waals surface area contributed by atoms with Crippen molar-refractivity contribution in [3.8, 4) is 5.75 Å². The Morgan fingerprint density at radius 1 is 1.11 bits per heavy atom. The van der Waals surface area contributed by atoms with Crippen LogP contribution in [-0.4, -0.2) is 30.1 Å². The van der Waals surface area contributed by atoms with Crippen molar-refractivity contribution in [2.75, 3.05) is 7.11 Å². The molecule has 3 heterocycles. The van der Waals surface area contributed by atoms with Crippen molar-refractivity contribution in [2.24, 2.45) is 0 Å². The largest absolute Gasteiger partial charge is 0.497 e. The maximum absolute atomic E-state index is 13.1. The number of benzene rings is 1. The summed E-state index contributed by atoms with van der Waals surface area (Å²) < 4.78 is 33.2. The molecule has 3 aromatic heterocycles. The quantitative estimate of drug-likeness (QED) is 0.480. The fraction of sp³-hybridized carbons (Fsp3) is 0.200. The van der Waals surface area contributed by atoms with Gasteiger partial charge in [0.1, 0.15) is 17.0 Å². The predicted octanol–water partition coefficient (Wildman–Crippen LogP) is 3.83. The summed E-state index contributed by atoms with van der Waals surface area (Å²) in [5.41, 5.74) is 3.97. The molecule has 0 spiro atoms.